The number of hydrogen-bond acceptors (Lipinski definition) is 5. The van der Waals surface area contributed by atoms with Crippen molar-refractivity contribution in [2.24, 2.45) is 75.9 Å². The number of Topliss-reactive ketones (excluding diaryl/α,β-unsaturated/α-hetero) is 1. The second-order valence-electron chi connectivity index (χ2n) is 23.5. The van der Waals surface area contributed by atoms with Crippen LogP contribution in [-0.2, 0) is 26.0 Å². The Balaban J connectivity index is 0.735. The average molecular weight is 905 g/mol. The van der Waals surface area contributed by atoms with Crippen molar-refractivity contribution in [3.63, 3.8) is 0 Å². The highest BCUT2D eigenvalue weighted by Crippen LogP contribution is 2.68. The Morgan fingerprint density at radius 2 is 1.33 bits per heavy atom. The maximum Gasteiger partial charge on any atom is 0.240 e. The SMILES string of the molecule is C[C@@]1(O)CC[C@@]2(F)[C@H](CC[C@H]3[C@@H]4CC[C@H](C(=O)CNS(=O)(=O)c5cccc(C[C@H]6CC[C@@]7(F)[C@H](CC[C@H]8C9CC[C@H](C(=O)Nc%10ccc(F)cc%10)[C@@]9(C)CC[C@@H]87)C6)c5)[C@@]4(C)CC[C@@H]32)C1. The topological polar surface area (TPSA) is 113 Å². The summed E-state index contributed by atoms with van der Waals surface area (Å²) in [5.74, 6) is 0.296. The molecule has 11 heteroatoms. The number of nitrogens with one attached hydrogen (secondary N) is 2. The summed E-state index contributed by atoms with van der Waals surface area (Å²) in [6, 6.07) is 13.0. The number of sulfonamides is 1. The molecule has 3 N–H and O–H groups in total. The first-order valence-corrected chi connectivity index (χ1v) is 26.6. The fraction of sp³-hybridized carbons (Fsp3) is 0.736. The summed E-state index contributed by atoms with van der Waals surface area (Å²) in [6.07, 6.45) is 14.1. The molecule has 10 rings (SSSR count). The van der Waals surface area contributed by atoms with Gasteiger partial charge in [-0.15, -0.1) is 0 Å². The van der Waals surface area contributed by atoms with E-state index in [2.05, 4.69) is 23.9 Å². The van der Waals surface area contributed by atoms with E-state index in [1.54, 1.807) is 30.3 Å². The van der Waals surface area contributed by atoms with Gasteiger partial charge in [0.15, 0.2) is 5.78 Å². The summed E-state index contributed by atoms with van der Waals surface area (Å²) in [5.41, 5.74) is -2.21. The Bertz CT molecular complexity index is 2240. The molecule has 16 atom stereocenters. The lowest BCUT2D eigenvalue weighted by Gasteiger charge is -2.59. The highest BCUT2D eigenvalue weighted by molar-refractivity contribution is 7.89. The van der Waals surface area contributed by atoms with Crippen molar-refractivity contribution < 1.29 is 36.3 Å². The fourth-order valence-corrected chi connectivity index (χ4v) is 18.4. The molecular formula is C53H71F3N2O5S. The normalized spacial score (nSPS) is 44.9. The number of ketones is 1. The first-order chi connectivity index (χ1) is 30.3. The van der Waals surface area contributed by atoms with Gasteiger partial charge >= 0.3 is 0 Å². The monoisotopic (exact) mass is 905 g/mol. The zero-order valence-corrected chi connectivity index (χ0v) is 39.1. The van der Waals surface area contributed by atoms with Gasteiger partial charge in [0.25, 0.3) is 0 Å². The van der Waals surface area contributed by atoms with Gasteiger partial charge in [0.2, 0.25) is 15.9 Å². The number of anilines is 1. The molecule has 1 unspecified atom stereocenters. The van der Waals surface area contributed by atoms with Crippen molar-refractivity contribution in [1.82, 2.24) is 4.72 Å². The van der Waals surface area contributed by atoms with Crippen molar-refractivity contribution in [2.45, 2.75) is 165 Å². The van der Waals surface area contributed by atoms with E-state index in [0.29, 0.717) is 50.1 Å². The minimum atomic E-state index is -3.97. The van der Waals surface area contributed by atoms with Gasteiger partial charge in [-0.1, -0.05) is 26.0 Å². The van der Waals surface area contributed by atoms with Crippen LogP contribution >= 0.6 is 0 Å². The number of halogens is 3. The molecule has 0 heterocycles. The molecule has 2 aromatic carbocycles. The minimum absolute atomic E-state index is 0.00216. The summed E-state index contributed by atoms with van der Waals surface area (Å²) in [4.78, 5) is 27.7. The number of fused-ring (bicyclic) bond motifs is 10. The number of rotatable bonds is 9. The largest absolute Gasteiger partial charge is 0.390 e. The van der Waals surface area contributed by atoms with E-state index in [4.69, 9.17) is 0 Å². The molecule has 0 saturated heterocycles. The Labute approximate surface area is 379 Å². The number of hydrogen-bond donors (Lipinski definition) is 3. The lowest BCUT2D eigenvalue weighted by atomic mass is 9.48. The third-order valence-electron chi connectivity index (χ3n) is 20.4. The third kappa shape index (κ3) is 7.54. The second-order valence-corrected chi connectivity index (χ2v) is 25.3. The average Bonchev–Trinajstić information content (AvgIpc) is 3.81. The zero-order valence-electron chi connectivity index (χ0n) is 38.2. The summed E-state index contributed by atoms with van der Waals surface area (Å²) < 4.78 is 78.1. The number of amides is 1. The predicted molar refractivity (Wildman–Crippen MR) is 241 cm³/mol. The predicted octanol–water partition coefficient (Wildman–Crippen LogP) is 10.9. The van der Waals surface area contributed by atoms with Crippen LogP contribution in [0.3, 0.4) is 0 Å². The molecule has 8 aliphatic carbocycles. The van der Waals surface area contributed by atoms with Crippen LogP contribution in [0.2, 0.25) is 0 Å². The molecule has 8 aliphatic rings. The van der Waals surface area contributed by atoms with Gasteiger partial charge in [-0.3, -0.25) is 9.59 Å². The van der Waals surface area contributed by atoms with Crippen LogP contribution < -0.4 is 10.0 Å². The van der Waals surface area contributed by atoms with Gasteiger partial charge in [-0.2, -0.15) is 0 Å². The molecule has 0 aromatic heterocycles. The summed E-state index contributed by atoms with van der Waals surface area (Å²) in [5, 5.41) is 13.8. The van der Waals surface area contributed by atoms with E-state index in [1.165, 1.54) is 12.1 Å². The molecule has 64 heavy (non-hydrogen) atoms. The molecule has 350 valence electrons. The Morgan fingerprint density at radius 1 is 0.703 bits per heavy atom. The summed E-state index contributed by atoms with van der Waals surface area (Å²) in [7, 11) is -3.97. The standard InChI is InChI=1S/C53H71F3N2O5S/c1-49(61)25-26-53(56)35(30-49)8-14-40-41-15-17-45(50(41,2)22-20-44(40)53)47(59)31-57-64(62,63)38-6-4-5-32(29-38)27-33-19-24-52(55)34(28-33)7-13-39-42-16-18-46(51(42,3)23-21-43(39)52)48(60)58-37-11-9-36(54)10-12-37/h4-6,9-12,29,33-35,39-46,57,61H,7-8,13-28,30-31H2,1-3H3,(H,58,60)/t33-,34-,35-,39+,40+,41+,42?,43+,44+,45-,46-,49-,50+,51+,52-,53-/m1/s1. The Morgan fingerprint density at radius 3 is 2.02 bits per heavy atom. The zero-order chi connectivity index (χ0) is 45.0. The molecule has 7 nitrogen and oxygen atoms in total. The van der Waals surface area contributed by atoms with Crippen LogP contribution in [0, 0.1) is 81.7 Å². The van der Waals surface area contributed by atoms with E-state index in [-0.39, 0.29) is 99.0 Å². The number of carbonyl (C=O) groups is 2. The van der Waals surface area contributed by atoms with Crippen molar-refractivity contribution in [2.75, 3.05) is 11.9 Å². The summed E-state index contributed by atoms with van der Waals surface area (Å²) >= 11 is 0. The maximum absolute atomic E-state index is 17.5. The van der Waals surface area contributed by atoms with Crippen LogP contribution in [0.15, 0.2) is 53.4 Å². The lowest BCUT2D eigenvalue weighted by Crippen LogP contribution is -2.58. The highest BCUT2D eigenvalue weighted by Gasteiger charge is 2.65. The van der Waals surface area contributed by atoms with Crippen molar-refractivity contribution in [1.29, 1.82) is 0 Å². The van der Waals surface area contributed by atoms with Crippen LogP contribution in [0.5, 0.6) is 0 Å². The molecular weight excluding hydrogens is 834 g/mol. The van der Waals surface area contributed by atoms with E-state index < -0.39 is 27.0 Å². The number of benzene rings is 2. The van der Waals surface area contributed by atoms with Gasteiger partial charge in [0, 0.05) is 17.5 Å². The third-order valence-corrected chi connectivity index (χ3v) is 21.8. The maximum atomic E-state index is 17.5. The molecule has 8 saturated carbocycles. The smallest absolute Gasteiger partial charge is 0.240 e. The molecule has 0 bridgehead atoms. The van der Waals surface area contributed by atoms with Crippen molar-refractivity contribution in [3.05, 3.63) is 59.9 Å². The van der Waals surface area contributed by atoms with E-state index in [9.17, 15) is 27.5 Å². The Hall–Kier alpha value is -2.76. The van der Waals surface area contributed by atoms with Gasteiger partial charge in [-0.05, 0) is 235 Å². The lowest BCUT2D eigenvalue weighted by molar-refractivity contribution is -0.165. The fourth-order valence-electron chi connectivity index (χ4n) is 17.3. The summed E-state index contributed by atoms with van der Waals surface area (Å²) in [6.45, 7) is 6.03. The van der Waals surface area contributed by atoms with Gasteiger partial charge < -0.3 is 10.4 Å². The van der Waals surface area contributed by atoms with Gasteiger partial charge in [0.05, 0.1) is 17.0 Å². The van der Waals surface area contributed by atoms with Crippen LogP contribution in [0.1, 0.15) is 142 Å². The van der Waals surface area contributed by atoms with Crippen molar-refractivity contribution >= 4 is 27.4 Å². The van der Waals surface area contributed by atoms with Gasteiger partial charge in [0.1, 0.15) is 17.2 Å². The van der Waals surface area contributed by atoms with Crippen LogP contribution in [-0.4, -0.2) is 48.7 Å². The minimum Gasteiger partial charge on any atom is -0.390 e. The first-order valence-electron chi connectivity index (χ1n) is 25.1. The van der Waals surface area contributed by atoms with Crippen molar-refractivity contribution in [3.8, 4) is 0 Å². The number of alkyl halides is 2. The molecule has 2 aromatic rings. The quantitative estimate of drug-likeness (QED) is 0.232. The van der Waals surface area contributed by atoms with E-state index in [0.717, 1.165) is 89.0 Å². The molecule has 0 aliphatic heterocycles. The molecule has 0 spiro atoms. The Kier molecular flexibility index (Phi) is 11.4. The number of carbonyl (C=O) groups excluding carboxylic acids is 2. The number of aliphatic hydroxyl groups is 1. The van der Waals surface area contributed by atoms with Crippen LogP contribution in [0.25, 0.3) is 0 Å². The molecule has 1 amide bonds. The molecule has 8 fully saturated rings. The van der Waals surface area contributed by atoms with Gasteiger partial charge in [-0.25, -0.2) is 26.3 Å². The second kappa shape index (κ2) is 16.2. The first kappa shape index (κ1) is 45.0. The van der Waals surface area contributed by atoms with E-state index >= 15 is 8.78 Å². The van der Waals surface area contributed by atoms with Crippen LogP contribution in [0.4, 0.5) is 18.9 Å². The molecule has 0 radical (unpaired) electrons. The van der Waals surface area contributed by atoms with E-state index in [1.807, 2.05) is 13.0 Å². The highest BCUT2D eigenvalue weighted by atomic mass is 32.2.